The fourth-order valence-corrected chi connectivity index (χ4v) is 1.42. The van der Waals surface area contributed by atoms with Crippen molar-refractivity contribution in [3.8, 4) is 5.75 Å². The van der Waals surface area contributed by atoms with Gasteiger partial charge in [-0.3, -0.25) is 0 Å². The van der Waals surface area contributed by atoms with Crippen LogP contribution < -0.4 is 5.11 Å². The molecule has 3 nitrogen and oxygen atoms in total. The van der Waals surface area contributed by atoms with Gasteiger partial charge in [-0.05, 0) is 24.1 Å². The van der Waals surface area contributed by atoms with E-state index in [9.17, 15) is 9.90 Å². The van der Waals surface area contributed by atoms with E-state index in [2.05, 4.69) is 0 Å². The highest BCUT2D eigenvalue weighted by Crippen LogP contribution is 2.22. The monoisotopic (exact) mass is 193 g/mol. The number of aliphatic carboxylic acids is 1. The van der Waals surface area contributed by atoms with Crippen molar-refractivity contribution in [3.05, 3.63) is 29.8 Å². The zero-order valence-electron chi connectivity index (χ0n) is 8.06. The number of hydrogen-bond acceptors (Lipinski definition) is 3. The Morgan fingerprint density at radius 3 is 2.43 bits per heavy atom. The van der Waals surface area contributed by atoms with Crippen molar-refractivity contribution in [1.82, 2.24) is 0 Å². The lowest BCUT2D eigenvalue weighted by Crippen LogP contribution is -2.29. The summed E-state index contributed by atoms with van der Waals surface area (Å²) in [6.45, 7) is 1.93. The molecule has 0 aromatic heterocycles. The summed E-state index contributed by atoms with van der Waals surface area (Å²) in [5, 5.41) is 19.8. The van der Waals surface area contributed by atoms with Crippen molar-refractivity contribution < 1.29 is 15.0 Å². The van der Waals surface area contributed by atoms with Crippen molar-refractivity contribution in [2.75, 3.05) is 0 Å². The minimum absolute atomic E-state index is 0.141. The first-order valence-electron chi connectivity index (χ1n) is 4.65. The van der Waals surface area contributed by atoms with Crippen LogP contribution in [-0.4, -0.2) is 11.1 Å². The van der Waals surface area contributed by atoms with Gasteiger partial charge in [-0.15, -0.1) is 0 Å². The molecular weight excluding hydrogens is 180 g/mol. The van der Waals surface area contributed by atoms with E-state index >= 15 is 0 Å². The largest absolute Gasteiger partial charge is 0.549 e. The van der Waals surface area contributed by atoms with E-state index in [0.717, 1.165) is 6.42 Å². The van der Waals surface area contributed by atoms with Gasteiger partial charge in [-0.1, -0.05) is 25.5 Å². The van der Waals surface area contributed by atoms with E-state index in [1.54, 1.807) is 12.1 Å². The molecular formula is C11H13O3-. The number of benzene rings is 1. The summed E-state index contributed by atoms with van der Waals surface area (Å²) in [6, 6.07) is 6.21. The van der Waals surface area contributed by atoms with E-state index in [0.29, 0.717) is 12.0 Å². The Hall–Kier alpha value is -1.51. The summed E-state index contributed by atoms with van der Waals surface area (Å²) in [5.41, 5.74) is 0.685. The highest BCUT2D eigenvalue weighted by Gasteiger charge is 2.11. The number of phenolic OH excluding ortho intramolecular Hbond substituents is 1. The van der Waals surface area contributed by atoms with Gasteiger partial charge in [0.1, 0.15) is 5.75 Å². The van der Waals surface area contributed by atoms with Crippen molar-refractivity contribution in [3.63, 3.8) is 0 Å². The quantitative estimate of drug-likeness (QED) is 0.776. The number of carbonyl (C=O) groups is 1. The zero-order chi connectivity index (χ0) is 10.6. The minimum atomic E-state index is -1.06. The Balaban J connectivity index is 2.87. The smallest absolute Gasteiger partial charge is 0.115 e. The topological polar surface area (TPSA) is 60.4 Å². The van der Waals surface area contributed by atoms with Gasteiger partial charge in [0.25, 0.3) is 0 Å². The van der Waals surface area contributed by atoms with Crippen LogP contribution in [0.1, 0.15) is 31.2 Å². The van der Waals surface area contributed by atoms with Gasteiger partial charge in [0.15, 0.2) is 0 Å². The summed E-state index contributed by atoms with van der Waals surface area (Å²) < 4.78 is 0. The summed E-state index contributed by atoms with van der Waals surface area (Å²) >= 11 is 0. The third-order valence-electron chi connectivity index (χ3n) is 2.16. The average molecular weight is 193 g/mol. The maximum atomic E-state index is 10.8. The normalized spacial score (nSPS) is 12.4. The van der Waals surface area contributed by atoms with E-state index in [1.807, 2.05) is 6.92 Å². The molecule has 14 heavy (non-hydrogen) atoms. The van der Waals surface area contributed by atoms with Crippen LogP contribution in [0.2, 0.25) is 0 Å². The molecule has 0 heterocycles. The van der Waals surface area contributed by atoms with Crippen LogP contribution in [0.25, 0.3) is 0 Å². The second kappa shape index (κ2) is 4.65. The molecule has 0 spiro atoms. The van der Waals surface area contributed by atoms with Gasteiger partial charge in [0, 0.05) is 11.9 Å². The summed E-state index contributed by atoms with van der Waals surface area (Å²) in [5.74, 6) is -1.49. The lowest BCUT2D eigenvalue weighted by molar-refractivity contribution is -0.308. The van der Waals surface area contributed by atoms with Crippen LogP contribution in [0.15, 0.2) is 24.3 Å². The number of hydrogen-bond donors (Lipinski definition) is 1. The minimum Gasteiger partial charge on any atom is -0.549 e. The molecule has 3 heteroatoms. The van der Waals surface area contributed by atoms with E-state index in [-0.39, 0.29) is 5.75 Å². The molecule has 0 aliphatic carbocycles. The number of carboxylic acids is 1. The third kappa shape index (κ3) is 2.49. The van der Waals surface area contributed by atoms with Crippen molar-refractivity contribution in [2.24, 2.45) is 0 Å². The third-order valence-corrected chi connectivity index (χ3v) is 2.16. The lowest BCUT2D eigenvalue weighted by atomic mass is 9.95. The Kier molecular flexibility index (Phi) is 3.51. The summed E-state index contributed by atoms with van der Waals surface area (Å²) in [7, 11) is 0. The molecule has 0 aliphatic heterocycles. The molecule has 0 amide bonds. The van der Waals surface area contributed by atoms with Gasteiger partial charge in [-0.2, -0.15) is 0 Å². The second-order valence-electron chi connectivity index (χ2n) is 3.25. The number of rotatable bonds is 4. The van der Waals surface area contributed by atoms with Gasteiger partial charge in [-0.25, -0.2) is 0 Å². The fourth-order valence-electron chi connectivity index (χ4n) is 1.42. The Bertz CT molecular complexity index is 303. The van der Waals surface area contributed by atoms with Gasteiger partial charge in [0.05, 0.1) is 0 Å². The molecule has 1 atom stereocenters. The predicted molar refractivity (Wildman–Crippen MR) is 50.8 cm³/mol. The van der Waals surface area contributed by atoms with Crippen LogP contribution in [0.4, 0.5) is 0 Å². The van der Waals surface area contributed by atoms with Gasteiger partial charge < -0.3 is 15.0 Å². The number of carbonyl (C=O) groups excluding carboxylic acids is 1. The second-order valence-corrected chi connectivity index (χ2v) is 3.25. The molecule has 0 saturated carbocycles. The van der Waals surface area contributed by atoms with Crippen molar-refractivity contribution in [2.45, 2.75) is 25.7 Å². The van der Waals surface area contributed by atoms with Crippen LogP contribution in [-0.2, 0) is 4.79 Å². The zero-order valence-corrected chi connectivity index (χ0v) is 8.06. The van der Waals surface area contributed by atoms with Crippen LogP contribution >= 0.6 is 0 Å². The number of aromatic hydroxyl groups is 1. The highest BCUT2D eigenvalue weighted by molar-refractivity contribution is 5.74. The first-order valence-corrected chi connectivity index (χ1v) is 4.65. The molecule has 76 valence electrons. The maximum absolute atomic E-state index is 10.8. The van der Waals surface area contributed by atoms with Crippen molar-refractivity contribution in [1.29, 1.82) is 0 Å². The summed E-state index contributed by atoms with van der Waals surface area (Å²) in [4.78, 5) is 10.8. The number of carboxylic acid groups (broad SMARTS) is 1. The standard InChI is InChI=1S/C11H14O3/c1-2-3-10(11(13)14)8-4-6-9(12)7-5-8/h4-7,10,12H,2-3H2,1H3,(H,13,14)/p-1. The van der Waals surface area contributed by atoms with E-state index in [1.165, 1.54) is 12.1 Å². The number of phenols is 1. The highest BCUT2D eigenvalue weighted by atomic mass is 16.4. The molecule has 0 bridgehead atoms. The fraction of sp³-hybridized carbons (Fsp3) is 0.364. The predicted octanol–water partition coefficient (Wildman–Crippen LogP) is 1.03. The SMILES string of the molecule is CCCC(C(=O)[O-])c1ccc(O)cc1. The average Bonchev–Trinajstić information content (AvgIpc) is 2.15. The van der Waals surface area contributed by atoms with Gasteiger partial charge >= 0.3 is 0 Å². The maximum Gasteiger partial charge on any atom is 0.115 e. The summed E-state index contributed by atoms with van der Waals surface area (Å²) in [6.07, 6.45) is 1.35. The molecule has 1 rings (SSSR count). The van der Waals surface area contributed by atoms with Gasteiger partial charge in [0.2, 0.25) is 0 Å². The van der Waals surface area contributed by atoms with E-state index in [4.69, 9.17) is 5.11 Å². The van der Waals surface area contributed by atoms with Crippen LogP contribution in [0.3, 0.4) is 0 Å². The molecule has 0 fully saturated rings. The molecule has 1 N–H and O–H groups in total. The van der Waals surface area contributed by atoms with Crippen LogP contribution in [0.5, 0.6) is 5.75 Å². The molecule has 1 aromatic rings. The molecule has 0 radical (unpaired) electrons. The molecule has 0 saturated heterocycles. The molecule has 1 unspecified atom stereocenters. The first kappa shape index (κ1) is 10.6. The lowest BCUT2D eigenvalue weighted by Gasteiger charge is -2.17. The molecule has 1 aromatic carbocycles. The Morgan fingerprint density at radius 1 is 1.43 bits per heavy atom. The van der Waals surface area contributed by atoms with Crippen molar-refractivity contribution >= 4 is 5.97 Å². The Labute approximate surface area is 83.0 Å². The van der Waals surface area contributed by atoms with Crippen LogP contribution in [0, 0.1) is 0 Å². The first-order chi connectivity index (χ1) is 6.65. The Morgan fingerprint density at radius 2 is 2.00 bits per heavy atom. The van der Waals surface area contributed by atoms with E-state index < -0.39 is 11.9 Å². The molecule has 0 aliphatic rings.